The largest absolute Gasteiger partial charge is 0.207 e. The number of halogens is 3. The van der Waals surface area contributed by atoms with E-state index in [0.717, 1.165) is 38.5 Å². The van der Waals surface area contributed by atoms with Crippen LogP contribution in [0.2, 0.25) is 0 Å². The van der Waals surface area contributed by atoms with E-state index in [1.165, 1.54) is 12.1 Å². The first-order valence-electron chi connectivity index (χ1n) is 6.62. The molecule has 0 amide bonds. The standard InChI is InChI=1S/C15H16BrF2N/c16-12-5-6-13(17)11(14(12)18)9-15(10-19)7-3-1-2-4-8-15/h5-6H,1-4,7-9H2. The minimum Gasteiger partial charge on any atom is -0.207 e. The number of hydrogen-bond acceptors (Lipinski definition) is 1. The van der Waals surface area contributed by atoms with E-state index in [-0.39, 0.29) is 16.5 Å². The van der Waals surface area contributed by atoms with Crippen molar-refractivity contribution in [2.45, 2.75) is 44.9 Å². The average Bonchev–Trinajstić information content (AvgIpc) is 2.65. The Morgan fingerprint density at radius 1 is 1.16 bits per heavy atom. The Balaban J connectivity index is 2.33. The topological polar surface area (TPSA) is 23.8 Å². The van der Waals surface area contributed by atoms with Crippen molar-refractivity contribution in [2.24, 2.45) is 5.41 Å². The quantitative estimate of drug-likeness (QED) is 0.545. The van der Waals surface area contributed by atoms with Crippen molar-refractivity contribution in [3.8, 4) is 6.07 Å². The van der Waals surface area contributed by atoms with Gasteiger partial charge in [0.05, 0.1) is 16.0 Å². The number of nitriles is 1. The molecular weight excluding hydrogens is 312 g/mol. The first-order chi connectivity index (χ1) is 9.08. The molecule has 19 heavy (non-hydrogen) atoms. The molecule has 0 radical (unpaired) electrons. The van der Waals surface area contributed by atoms with Gasteiger partial charge < -0.3 is 0 Å². The zero-order valence-electron chi connectivity index (χ0n) is 10.7. The minimum absolute atomic E-state index is 0.0397. The molecule has 1 aliphatic carbocycles. The molecule has 1 aromatic rings. The molecule has 1 fully saturated rings. The summed E-state index contributed by atoms with van der Waals surface area (Å²) in [6.07, 6.45) is 5.76. The smallest absolute Gasteiger partial charge is 0.143 e. The molecule has 0 unspecified atom stereocenters. The van der Waals surface area contributed by atoms with Crippen LogP contribution in [0.25, 0.3) is 0 Å². The predicted molar refractivity (Wildman–Crippen MR) is 73.5 cm³/mol. The maximum atomic E-state index is 14.0. The van der Waals surface area contributed by atoms with Gasteiger partial charge in [0.25, 0.3) is 0 Å². The molecule has 0 atom stereocenters. The van der Waals surface area contributed by atoms with Crippen molar-refractivity contribution in [3.63, 3.8) is 0 Å². The summed E-state index contributed by atoms with van der Waals surface area (Å²) in [5, 5.41) is 9.47. The second kappa shape index (κ2) is 6.00. The van der Waals surface area contributed by atoms with Crippen molar-refractivity contribution < 1.29 is 8.78 Å². The summed E-state index contributed by atoms with van der Waals surface area (Å²) in [6.45, 7) is 0. The van der Waals surface area contributed by atoms with E-state index >= 15 is 0 Å². The average molecular weight is 328 g/mol. The van der Waals surface area contributed by atoms with Crippen LogP contribution in [0.15, 0.2) is 16.6 Å². The molecule has 0 spiro atoms. The summed E-state index contributed by atoms with van der Waals surface area (Å²) in [7, 11) is 0. The van der Waals surface area contributed by atoms with E-state index < -0.39 is 17.0 Å². The van der Waals surface area contributed by atoms with Crippen LogP contribution in [-0.2, 0) is 6.42 Å². The lowest BCUT2D eigenvalue weighted by molar-refractivity contribution is 0.328. The van der Waals surface area contributed by atoms with Gasteiger partial charge in [0.1, 0.15) is 11.6 Å². The predicted octanol–water partition coefficient (Wildman–Crippen LogP) is 5.13. The fourth-order valence-electron chi connectivity index (χ4n) is 2.80. The molecule has 0 aromatic heterocycles. The first-order valence-corrected chi connectivity index (χ1v) is 7.41. The number of rotatable bonds is 2. The van der Waals surface area contributed by atoms with Gasteiger partial charge >= 0.3 is 0 Å². The summed E-state index contributed by atoms with van der Waals surface area (Å²) < 4.78 is 28.1. The van der Waals surface area contributed by atoms with E-state index in [1.807, 2.05) is 0 Å². The van der Waals surface area contributed by atoms with Crippen molar-refractivity contribution in [3.05, 3.63) is 33.8 Å². The van der Waals surface area contributed by atoms with E-state index in [2.05, 4.69) is 22.0 Å². The van der Waals surface area contributed by atoms with Gasteiger partial charge in [-0.25, -0.2) is 8.78 Å². The zero-order valence-corrected chi connectivity index (χ0v) is 12.3. The number of hydrogen-bond donors (Lipinski definition) is 0. The number of nitrogens with zero attached hydrogens (tertiary/aromatic N) is 1. The van der Waals surface area contributed by atoms with Gasteiger partial charge in [-0.15, -0.1) is 0 Å². The summed E-state index contributed by atoms with van der Waals surface area (Å²) >= 11 is 3.08. The van der Waals surface area contributed by atoms with Gasteiger partial charge in [0.2, 0.25) is 0 Å². The Morgan fingerprint density at radius 2 is 1.79 bits per heavy atom. The SMILES string of the molecule is N#CC1(Cc2c(F)ccc(Br)c2F)CCCCCC1. The molecule has 1 aliphatic rings. The second-order valence-electron chi connectivity index (χ2n) is 5.30. The fraction of sp³-hybridized carbons (Fsp3) is 0.533. The minimum atomic E-state index is -0.612. The molecule has 0 bridgehead atoms. The van der Waals surface area contributed by atoms with Crippen LogP contribution in [0.4, 0.5) is 8.78 Å². The Morgan fingerprint density at radius 3 is 2.37 bits per heavy atom. The molecule has 2 rings (SSSR count). The van der Waals surface area contributed by atoms with Gasteiger partial charge in [0, 0.05) is 5.56 Å². The van der Waals surface area contributed by atoms with Crippen molar-refractivity contribution in [1.29, 1.82) is 5.26 Å². The molecule has 0 aliphatic heterocycles. The van der Waals surface area contributed by atoms with E-state index in [0.29, 0.717) is 0 Å². The monoisotopic (exact) mass is 327 g/mol. The maximum Gasteiger partial charge on any atom is 0.143 e. The van der Waals surface area contributed by atoms with Crippen LogP contribution in [0.3, 0.4) is 0 Å². The van der Waals surface area contributed by atoms with Gasteiger partial charge in [-0.2, -0.15) is 5.26 Å². The highest BCUT2D eigenvalue weighted by molar-refractivity contribution is 9.10. The lowest BCUT2D eigenvalue weighted by Gasteiger charge is -2.25. The molecule has 0 saturated heterocycles. The Hall–Kier alpha value is -0.950. The zero-order chi connectivity index (χ0) is 13.9. The molecule has 1 saturated carbocycles. The third-order valence-corrected chi connectivity index (χ3v) is 4.56. The summed E-state index contributed by atoms with van der Waals surface area (Å²) in [5.41, 5.74) is -0.572. The third kappa shape index (κ3) is 3.14. The molecule has 1 aromatic carbocycles. The normalized spacial score (nSPS) is 18.6. The van der Waals surface area contributed by atoms with Crippen molar-refractivity contribution in [1.82, 2.24) is 0 Å². The van der Waals surface area contributed by atoms with Crippen molar-refractivity contribution in [2.75, 3.05) is 0 Å². The van der Waals surface area contributed by atoms with Crippen LogP contribution in [-0.4, -0.2) is 0 Å². The Kier molecular flexibility index (Phi) is 4.57. The molecule has 1 nitrogen and oxygen atoms in total. The van der Waals surface area contributed by atoms with Crippen LogP contribution >= 0.6 is 15.9 Å². The highest BCUT2D eigenvalue weighted by Crippen LogP contribution is 2.39. The summed E-state index contributed by atoms with van der Waals surface area (Å²) in [4.78, 5) is 0. The lowest BCUT2D eigenvalue weighted by atomic mass is 9.76. The molecule has 0 heterocycles. The van der Waals surface area contributed by atoms with Crippen LogP contribution < -0.4 is 0 Å². The van der Waals surface area contributed by atoms with E-state index in [4.69, 9.17) is 0 Å². The summed E-state index contributed by atoms with van der Waals surface area (Å²) in [6, 6.07) is 4.95. The molecule has 4 heteroatoms. The highest BCUT2D eigenvalue weighted by Gasteiger charge is 2.33. The summed E-state index contributed by atoms with van der Waals surface area (Å²) in [5.74, 6) is -1.13. The van der Waals surface area contributed by atoms with Gasteiger partial charge in [-0.1, -0.05) is 25.7 Å². The molecule has 0 N–H and O–H groups in total. The highest BCUT2D eigenvalue weighted by atomic mass is 79.9. The van der Waals surface area contributed by atoms with E-state index in [1.54, 1.807) is 0 Å². The number of benzene rings is 1. The van der Waals surface area contributed by atoms with Crippen LogP contribution in [0, 0.1) is 28.4 Å². The Labute approximate surface area is 120 Å². The van der Waals surface area contributed by atoms with Crippen LogP contribution in [0.1, 0.15) is 44.1 Å². The van der Waals surface area contributed by atoms with Crippen molar-refractivity contribution >= 4 is 15.9 Å². The fourth-order valence-corrected chi connectivity index (χ4v) is 3.17. The molecule has 102 valence electrons. The Bertz CT molecular complexity index is 500. The third-order valence-electron chi connectivity index (χ3n) is 3.95. The maximum absolute atomic E-state index is 14.0. The van der Waals surface area contributed by atoms with E-state index in [9.17, 15) is 14.0 Å². The van der Waals surface area contributed by atoms with Crippen LogP contribution in [0.5, 0.6) is 0 Å². The second-order valence-corrected chi connectivity index (χ2v) is 6.16. The molecular formula is C15H16BrF2N. The van der Waals surface area contributed by atoms with Gasteiger partial charge in [0.15, 0.2) is 0 Å². The lowest BCUT2D eigenvalue weighted by Crippen LogP contribution is -2.22. The van der Waals surface area contributed by atoms with Gasteiger partial charge in [-0.3, -0.25) is 0 Å². The van der Waals surface area contributed by atoms with Gasteiger partial charge in [-0.05, 0) is 47.3 Å². The first kappa shape index (κ1) is 14.5.